The third-order valence-corrected chi connectivity index (χ3v) is 8.06. The number of carbonyl (C=O) groups is 1. The average molecular weight is 388 g/mol. The molecule has 0 spiro atoms. The summed E-state index contributed by atoms with van der Waals surface area (Å²) in [6, 6.07) is 2.37. The summed E-state index contributed by atoms with van der Waals surface area (Å²) in [5.41, 5.74) is 2.22. The van der Waals surface area contributed by atoms with Gasteiger partial charge in [-0.05, 0) is 68.0 Å². The summed E-state index contributed by atoms with van der Waals surface area (Å²) in [5, 5.41) is 13.5. The van der Waals surface area contributed by atoms with Gasteiger partial charge in [0.1, 0.15) is 11.1 Å². The van der Waals surface area contributed by atoms with E-state index >= 15 is 0 Å². The third-order valence-electron chi connectivity index (χ3n) is 6.89. The van der Waals surface area contributed by atoms with Gasteiger partial charge in [0, 0.05) is 4.88 Å². The first-order chi connectivity index (χ1) is 12.8. The molecule has 4 nitrogen and oxygen atoms in total. The smallest absolute Gasteiger partial charge is 0.239 e. The maximum atomic E-state index is 12.6. The van der Waals surface area contributed by atoms with Gasteiger partial charge in [-0.3, -0.25) is 9.69 Å². The van der Waals surface area contributed by atoms with Gasteiger partial charge >= 0.3 is 0 Å². The molecule has 1 amide bonds. The van der Waals surface area contributed by atoms with Crippen LogP contribution in [0.3, 0.4) is 0 Å². The zero-order valence-electron chi connectivity index (χ0n) is 17.2. The Kier molecular flexibility index (Phi) is 6.28. The molecule has 1 atom stereocenters. The van der Waals surface area contributed by atoms with Crippen LogP contribution in [0.1, 0.15) is 69.4 Å². The van der Waals surface area contributed by atoms with E-state index in [0.717, 1.165) is 43.3 Å². The van der Waals surface area contributed by atoms with E-state index in [1.54, 1.807) is 11.3 Å². The van der Waals surface area contributed by atoms with Crippen molar-refractivity contribution in [3.8, 4) is 6.07 Å². The first kappa shape index (κ1) is 20.4. The van der Waals surface area contributed by atoms with Gasteiger partial charge in [0.25, 0.3) is 0 Å². The number of nitriles is 1. The molecule has 0 saturated carbocycles. The highest BCUT2D eigenvalue weighted by molar-refractivity contribution is 7.16. The number of thiophene rings is 1. The molecule has 1 aliphatic heterocycles. The second kappa shape index (κ2) is 8.32. The number of fused-ring (bicyclic) bond motifs is 1. The van der Waals surface area contributed by atoms with Crippen molar-refractivity contribution in [3.63, 3.8) is 0 Å². The van der Waals surface area contributed by atoms with Crippen LogP contribution in [-0.2, 0) is 17.6 Å². The molecule has 5 heteroatoms. The number of rotatable bonds is 5. The molecule has 1 unspecified atom stereocenters. The SMILES string of the molecule is CCC(C)(C)C1CCc2c(sc(NC(=O)CN3CCC(C)CC3)c2C#N)C1. The number of nitrogens with zero attached hydrogens (tertiary/aromatic N) is 2. The lowest BCUT2D eigenvalue weighted by Crippen LogP contribution is -2.38. The van der Waals surface area contributed by atoms with E-state index in [1.807, 2.05) is 0 Å². The minimum atomic E-state index is 0.0186. The molecule has 0 bridgehead atoms. The van der Waals surface area contributed by atoms with Crippen LogP contribution >= 0.6 is 11.3 Å². The van der Waals surface area contributed by atoms with Gasteiger partial charge < -0.3 is 5.32 Å². The van der Waals surface area contributed by atoms with E-state index in [2.05, 4.69) is 44.0 Å². The molecule has 3 rings (SSSR count). The molecule has 148 valence electrons. The van der Waals surface area contributed by atoms with Crippen molar-refractivity contribution >= 4 is 22.2 Å². The van der Waals surface area contributed by atoms with Crippen LogP contribution in [0.5, 0.6) is 0 Å². The van der Waals surface area contributed by atoms with Gasteiger partial charge in [-0.2, -0.15) is 5.26 Å². The Balaban J connectivity index is 1.68. The topological polar surface area (TPSA) is 56.1 Å². The van der Waals surface area contributed by atoms with E-state index < -0.39 is 0 Å². The predicted octanol–water partition coefficient (Wildman–Crippen LogP) is 4.83. The van der Waals surface area contributed by atoms with Crippen molar-refractivity contribution < 1.29 is 4.79 Å². The normalized spacial score (nSPS) is 21.5. The van der Waals surface area contributed by atoms with Crippen LogP contribution < -0.4 is 5.32 Å². The van der Waals surface area contributed by atoms with Gasteiger partial charge in [-0.1, -0.05) is 34.1 Å². The number of likely N-dealkylation sites (tertiary alicyclic amines) is 1. The van der Waals surface area contributed by atoms with E-state index in [9.17, 15) is 10.1 Å². The number of hydrogen-bond acceptors (Lipinski definition) is 4. The molecule has 0 aromatic carbocycles. The van der Waals surface area contributed by atoms with E-state index in [0.29, 0.717) is 23.4 Å². The first-order valence-corrected chi connectivity index (χ1v) is 11.2. The summed E-state index contributed by atoms with van der Waals surface area (Å²) < 4.78 is 0. The highest BCUT2D eigenvalue weighted by Crippen LogP contribution is 2.45. The van der Waals surface area contributed by atoms with Crippen molar-refractivity contribution in [1.29, 1.82) is 5.26 Å². The fourth-order valence-electron chi connectivity index (χ4n) is 4.34. The molecular weight excluding hydrogens is 354 g/mol. The van der Waals surface area contributed by atoms with E-state index in [4.69, 9.17) is 0 Å². The Morgan fingerprint density at radius 1 is 1.33 bits per heavy atom. The Morgan fingerprint density at radius 3 is 2.67 bits per heavy atom. The maximum Gasteiger partial charge on any atom is 0.239 e. The quantitative estimate of drug-likeness (QED) is 0.787. The lowest BCUT2D eigenvalue weighted by atomic mass is 9.69. The summed E-state index contributed by atoms with van der Waals surface area (Å²) in [4.78, 5) is 16.1. The van der Waals surface area contributed by atoms with Gasteiger partial charge in [-0.15, -0.1) is 11.3 Å². The molecule has 1 aromatic rings. The Hall–Kier alpha value is -1.38. The van der Waals surface area contributed by atoms with Crippen molar-refractivity contribution in [3.05, 3.63) is 16.0 Å². The molecule has 1 fully saturated rings. The molecule has 2 aliphatic rings. The zero-order chi connectivity index (χ0) is 19.6. The van der Waals surface area contributed by atoms with Gasteiger partial charge in [-0.25, -0.2) is 0 Å². The molecule has 1 saturated heterocycles. The molecule has 27 heavy (non-hydrogen) atoms. The molecule has 1 aliphatic carbocycles. The molecule has 2 heterocycles. The fourth-order valence-corrected chi connectivity index (χ4v) is 5.63. The number of amides is 1. The van der Waals surface area contributed by atoms with Crippen LogP contribution in [0, 0.1) is 28.6 Å². The first-order valence-electron chi connectivity index (χ1n) is 10.4. The van der Waals surface area contributed by atoms with Crippen LogP contribution in [0.4, 0.5) is 5.00 Å². The van der Waals surface area contributed by atoms with E-state index in [1.165, 1.54) is 29.7 Å². The lowest BCUT2D eigenvalue weighted by molar-refractivity contribution is -0.117. The number of piperidine rings is 1. The molecule has 1 N–H and O–H groups in total. The standard InChI is InChI=1S/C22H33N3OS/c1-5-22(3,4)16-6-7-17-18(13-23)21(27-19(17)12-16)24-20(26)14-25-10-8-15(2)9-11-25/h15-16H,5-12,14H2,1-4H3,(H,24,26). The van der Waals surface area contributed by atoms with Crippen molar-refractivity contribution in [2.24, 2.45) is 17.3 Å². The van der Waals surface area contributed by atoms with Crippen molar-refractivity contribution in [1.82, 2.24) is 4.90 Å². The number of carbonyl (C=O) groups excluding carboxylic acids is 1. The molecule has 1 aromatic heterocycles. The van der Waals surface area contributed by atoms with Gasteiger partial charge in [0.2, 0.25) is 5.91 Å². The monoisotopic (exact) mass is 387 g/mol. The highest BCUT2D eigenvalue weighted by atomic mass is 32.1. The summed E-state index contributed by atoms with van der Waals surface area (Å²) in [6.07, 6.45) is 6.63. The van der Waals surface area contributed by atoms with E-state index in [-0.39, 0.29) is 5.91 Å². The number of hydrogen-bond donors (Lipinski definition) is 1. The third kappa shape index (κ3) is 4.55. The Bertz CT molecular complexity index is 723. The number of anilines is 1. The zero-order valence-corrected chi connectivity index (χ0v) is 18.0. The van der Waals surface area contributed by atoms with Crippen molar-refractivity contribution in [2.75, 3.05) is 25.0 Å². The van der Waals surface area contributed by atoms with Crippen LogP contribution in [0.2, 0.25) is 0 Å². The van der Waals surface area contributed by atoms with Crippen LogP contribution in [0.25, 0.3) is 0 Å². The fraction of sp³-hybridized carbons (Fsp3) is 0.727. The maximum absolute atomic E-state index is 12.6. The second-order valence-electron chi connectivity index (χ2n) is 9.11. The minimum Gasteiger partial charge on any atom is -0.315 e. The second-order valence-corrected chi connectivity index (χ2v) is 10.2. The Labute approximate surface area is 167 Å². The van der Waals surface area contributed by atoms with Gasteiger partial charge in [0.05, 0.1) is 12.1 Å². The van der Waals surface area contributed by atoms with Crippen LogP contribution in [0.15, 0.2) is 0 Å². The summed E-state index contributed by atoms with van der Waals surface area (Å²) in [7, 11) is 0. The summed E-state index contributed by atoms with van der Waals surface area (Å²) in [5.74, 6) is 1.43. The lowest BCUT2D eigenvalue weighted by Gasteiger charge is -2.36. The van der Waals surface area contributed by atoms with Crippen molar-refractivity contribution in [2.45, 2.75) is 66.2 Å². The number of nitrogens with one attached hydrogen (secondary N) is 1. The minimum absolute atomic E-state index is 0.0186. The largest absolute Gasteiger partial charge is 0.315 e. The molecular formula is C22H33N3OS. The van der Waals surface area contributed by atoms with Gasteiger partial charge in [0.15, 0.2) is 0 Å². The highest BCUT2D eigenvalue weighted by Gasteiger charge is 2.34. The average Bonchev–Trinajstić information content (AvgIpc) is 2.99. The summed E-state index contributed by atoms with van der Waals surface area (Å²) in [6.45, 7) is 11.7. The predicted molar refractivity (Wildman–Crippen MR) is 112 cm³/mol. The molecule has 0 radical (unpaired) electrons. The van der Waals surface area contributed by atoms with Crippen LogP contribution in [-0.4, -0.2) is 30.4 Å². The Morgan fingerprint density at radius 2 is 2.04 bits per heavy atom. The summed E-state index contributed by atoms with van der Waals surface area (Å²) >= 11 is 1.63.